The molecule has 1 aromatic heterocycles. The van der Waals surface area contributed by atoms with Crippen molar-refractivity contribution >= 4 is 5.78 Å². The number of rotatable bonds is 4. The molecule has 4 atom stereocenters. The van der Waals surface area contributed by atoms with Crippen LogP contribution in [-0.4, -0.2) is 25.5 Å². The topological polar surface area (TPSA) is 75.4 Å². The smallest absolute Gasteiger partial charge is 0.166 e. The van der Waals surface area contributed by atoms with E-state index in [-0.39, 0.29) is 34.0 Å². The first-order chi connectivity index (χ1) is 13.7. The van der Waals surface area contributed by atoms with Crippen molar-refractivity contribution in [3.05, 3.63) is 42.5 Å². The number of hydrogen-bond acceptors (Lipinski definition) is 4. The molecular formula is C24H32N2O3. The van der Waals surface area contributed by atoms with Gasteiger partial charge in [0, 0.05) is 36.5 Å². The van der Waals surface area contributed by atoms with Crippen LogP contribution in [0.25, 0.3) is 0 Å². The van der Waals surface area contributed by atoms with Gasteiger partial charge in [0.15, 0.2) is 5.78 Å². The second kappa shape index (κ2) is 7.19. The van der Waals surface area contributed by atoms with Crippen molar-refractivity contribution in [2.75, 3.05) is 0 Å². The second-order valence-electron chi connectivity index (χ2n) is 10.2. The van der Waals surface area contributed by atoms with Crippen LogP contribution in [0.1, 0.15) is 63.2 Å². The molecule has 2 saturated carbocycles. The minimum Gasteiger partial charge on any atom is -0.508 e. The normalized spacial score (nSPS) is 31.2. The highest BCUT2D eigenvalue weighted by atomic mass is 16.3. The summed E-state index contributed by atoms with van der Waals surface area (Å²) in [4.78, 5) is 17.9. The highest BCUT2D eigenvalue weighted by molar-refractivity contribution is 5.99. The summed E-state index contributed by atoms with van der Waals surface area (Å²) < 4.78 is 2.12. The maximum Gasteiger partial charge on any atom is 0.166 e. The Hall–Kier alpha value is -2.30. The molecule has 4 rings (SSSR count). The number of aromatic hydroxyl groups is 2. The lowest BCUT2D eigenvalue weighted by atomic mass is 9.46. The minimum atomic E-state index is -0.115. The summed E-state index contributed by atoms with van der Waals surface area (Å²) in [6, 6.07) is 4.26. The van der Waals surface area contributed by atoms with Gasteiger partial charge in [-0.3, -0.25) is 4.79 Å². The molecule has 156 valence electrons. The van der Waals surface area contributed by atoms with E-state index in [2.05, 4.69) is 30.3 Å². The SMILES string of the molecule is CC1(C)CCC[C@@]2(C)C1C[C@H](Cn1ccnc1)C[C@@H]2C(=O)c1cc(O)cc(O)c1. The van der Waals surface area contributed by atoms with E-state index in [1.807, 2.05) is 12.5 Å². The van der Waals surface area contributed by atoms with E-state index in [1.54, 1.807) is 6.20 Å². The monoisotopic (exact) mass is 396 g/mol. The first-order valence-electron chi connectivity index (χ1n) is 10.7. The summed E-state index contributed by atoms with van der Waals surface area (Å²) >= 11 is 0. The third-order valence-corrected chi connectivity index (χ3v) is 7.74. The van der Waals surface area contributed by atoms with Crippen molar-refractivity contribution in [3.8, 4) is 11.5 Å². The molecule has 2 N–H and O–H groups in total. The zero-order valence-electron chi connectivity index (χ0n) is 17.6. The molecule has 0 aliphatic heterocycles. The summed E-state index contributed by atoms with van der Waals surface area (Å²) in [5.41, 5.74) is 0.546. The molecule has 1 unspecified atom stereocenters. The first-order valence-corrected chi connectivity index (χ1v) is 10.7. The highest BCUT2D eigenvalue weighted by Gasteiger charge is 2.55. The fourth-order valence-corrected chi connectivity index (χ4v) is 6.39. The number of Topliss-reactive ketones (excluding diaryl/α,β-unsaturated/α-hetero) is 1. The number of aromatic nitrogens is 2. The highest BCUT2D eigenvalue weighted by Crippen LogP contribution is 2.61. The lowest BCUT2D eigenvalue weighted by Crippen LogP contribution is -2.53. The largest absolute Gasteiger partial charge is 0.508 e. The van der Waals surface area contributed by atoms with Gasteiger partial charge in [-0.1, -0.05) is 27.2 Å². The zero-order valence-corrected chi connectivity index (χ0v) is 17.6. The average molecular weight is 397 g/mol. The molecule has 1 heterocycles. The Morgan fingerprint density at radius 3 is 2.52 bits per heavy atom. The number of ketones is 1. The predicted molar refractivity (Wildman–Crippen MR) is 112 cm³/mol. The molecule has 5 heteroatoms. The van der Waals surface area contributed by atoms with E-state index in [9.17, 15) is 15.0 Å². The number of phenolic OH excluding ortho intramolecular Hbond substituents is 2. The van der Waals surface area contributed by atoms with Crippen LogP contribution < -0.4 is 0 Å². The molecule has 29 heavy (non-hydrogen) atoms. The van der Waals surface area contributed by atoms with E-state index in [4.69, 9.17) is 0 Å². The van der Waals surface area contributed by atoms with Crippen molar-refractivity contribution in [2.24, 2.45) is 28.6 Å². The Bertz CT molecular complexity index is 869. The van der Waals surface area contributed by atoms with Crippen molar-refractivity contribution < 1.29 is 15.0 Å². The third kappa shape index (κ3) is 3.67. The summed E-state index contributed by atoms with van der Waals surface area (Å²) in [5.74, 6) is 0.673. The van der Waals surface area contributed by atoms with Crippen LogP contribution in [0.5, 0.6) is 11.5 Å². The number of fused-ring (bicyclic) bond motifs is 1. The molecule has 0 amide bonds. The van der Waals surface area contributed by atoms with Crippen molar-refractivity contribution in [1.29, 1.82) is 0 Å². The summed E-state index contributed by atoms with van der Waals surface area (Å²) in [6.07, 6.45) is 11.0. The van der Waals surface area contributed by atoms with Gasteiger partial charge in [0.2, 0.25) is 0 Å². The third-order valence-electron chi connectivity index (χ3n) is 7.74. The Morgan fingerprint density at radius 2 is 1.86 bits per heavy atom. The van der Waals surface area contributed by atoms with Gasteiger partial charge < -0.3 is 14.8 Å². The second-order valence-corrected chi connectivity index (χ2v) is 10.2. The number of carbonyl (C=O) groups is 1. The number of phenols is 2. The van der Waals surface area contributed by atoms with Crippen LogP contribution in [0.3, 0.4) is 0 Å². The van der Waals surface area contributed by atoms with E-state index in [1.165, 1.54) is 24.6 Å². The van der Waals surface area contributed by atoms with Crippen LogP contribution >= 0.6 is 0 Å². The number of nitrogens with zero attached hydrogens (tertiary/aromatic N) is 2. The van der Waals surface area contributed by atoms with Gasteiger partial charge in [0.25, 0.3) is 0 Å². The Morgan fingerprint density at radius 1 is 1.14 bits per heavy atom. The van der Waals surface area contributed by atoms with Gasteiger partial charge in [-0.15, -0.1) is 0 Å². The molecule has 0 saturated heterocycles. The fourth-order valence-electron chi connectivity index (χ4n) is 6.39. The molecule has 2 aliphatic rings. The van der Waals surface area contributed by atoms with Crippen LogP contribution in [0.4, 0.5) is 0 Å². The van der Waals surface area contributed by atoms with Gasteiger partial charge in [-0.05, 0) is 60.5 Å². The number of imidazole rings is 1. The van der Waals surface area contributed by atoms with E-state index in [0.29, 0.717) is 17.4 Å². The fraction of sp³-hybridized carbons (Fsp3) is 0.583. The van der Waals surface area contributed by atoms with E-state index >= 15 is 0 Å². The van der Waals surface area contributed by atoms with Gasteiger partial charge in [-0.2, -0.15) is 0 Å². The summed E-state index contributed by atoms with van der Waals surface area (Å²) in [5, 5.41) is 19.8. The van der Waals surface area contributed by atoms with Gasteiger partial charge >= 0.3 is 0 Å². The van der Waals surface area contributed by atoms with Crippen molar-refractivity contribution in [1.82, 2.24) is 9.55 Å². The summed E-state index contributed by atoms with van der Waals surface area (Å²) in [7, 11) is 0. The average Bonchev–Trinajstić information content (AvgIpc) is 3.13. The van der Waals surface area contributed by atoms with Crippen LogP contribution in [0.15, 0.2) is 36.9 Å². The van der Waals surface area contributed by atoms with Crippen LogP contribution in [0, 0.1) is 28.6 Å². The van der Waals surface area contributed by atoms with Crippen molar-refractivity contribution in [2.45, 2.75) is 59.4 Å². The molecule has 2 aliphatic carbocycles. The van der Waals surface area contributed by atoms with Gasteiger partial charge in [-0.25, -0.2) is 4.98 Å². The van der Waals surface area contributed by atoms with Gasteiger partial charge in [0.1, 0.15) is 11.5 Å². The number of hydrogen-bond donors (Lipinski definition) is 2. The van der Waals surface area contributed by atoms with Gasteiger partial charge in [0.05, 0.1) is 6.33 Å². The van der Waals surface area contributed by atoms with Crippen LogP contribution in [-0.2, 0) is 6.54 Å². The maximum absolute atomic E-state index is 13.7. The Balaban J connectivity index is 1.71. The molecule has 0 spiro atoms. The molecule has 5 nitrogen and oxygen atoms in total. The van der Waals surface area contributed by atoms with E-state index < -0.39 is 0 Å². The Kier molecular flexibility index (Phi) is 4.96. The molecular weight excluding hydrogens is 364 g/mol. The Labute approximate surface area is 172 Å². The maximum atomic E-state index is 13.7. The van der Waals surface area contributed by atoms with Crippen LogP contribution in [0.2, 0.25) is 0 Å². The summed E-state index contributed by atoms with van der Waals surface area (Å²) in [6.45, 7) is 7.89. The molecule has 2 aromatic rings. The zero-order chi connectivity index (χ0) is 20.8. The predicted octanol–water partition coefficient (Wildman–Crippen LogP) is 5.04. The lowest BCUT2D eigenvalue weighted by Gasteiger charge is -2.58. The molecule has 0 bridgehead atoms. The molecule has 0 radical (unpaired) electrons. The molecule has 2 fully saturated rings. The minimum absolute atomic E-state index is 0.0525. The lowest BCUT2D eigenvalue weighted by molar-refractivity contribution is -0.0807. The number of benzene rings is 1. The standard InChI is InChI=1S/C24H32N2O3/c1-23(2)5-4-6-24(3)20(22(29)17-11-18(27)13-19(28)12-17)9-16(10-21(23)24)14-26-8-7-25-15-26/h7-8,11-13,15-16,20-21,27-28H,4-6,9-10,14H2,1-3H3/t16-,20-,21?,24-/m1/s1. The first kappa shape index (κ1) is 20.0. The molecule has 1 aromatic carbocycles. The quantitative estimate of drug-likeness (QED) is 0.710. The van der Waals surface area contributed by atoms with E-state index in [0.717, 1.165) is 32.2 Å². The number of carbonyl (C=O) groups excluding carboxylic acids is 1. The van der Waals surface area contributed by atoms with Crippen molar-refractivity contribution in [3.63, 3.8) is 0 Å².